The number of rotatable bonds is 2. The Morgan fingerprint density at radius 3 is 2.58 bits per heavy atom. The molecule has 2 fully saturated rings. The largest absolute Gasteiger partial charge is 0.387 e. The minimum Gasteiger partial charge on any atom is -0.387 e. The first-order chi connectivity index (χ1) is 9.18. The van der Waals surface area contributed by atoms with Gasteiger partial charge in [-0.15, -0.1) is 0 Å². The quantitative estimate of drug-likeness (QED) is 0.844. The molecule has 0 bridgehead atoms. The number of aliphatic hydroxyl groups is 1. The van der Waals surface area contributed by atoms with E-state index in [0.29, 0.717) is 5.92 Å². The van der Waals surface area contributed by atoms with Gasteiger partial charge in [0.1, 0.15) is 0 Å². The third-order valence-electron chi connectivity index (χ3n) is 5.13. The maximum Gasteiger partial charge on any atom is 0.0875 e. The van der Waals surface area contributed by atoms with Gasteiger partial charge in [0.2, 0.25) is 0 Å². The monoisotopic (exact) mass is 259 g/mol. The Kier molecular flexibility index (Phi) is 3.53. The van der Waals surface area contributed by atoms with E-state index in [9.17, 15) is 5.11 Å². The average molecular weight is 259 g/mol. The second-order valence-electron chi connectivity index (χ2n) is 6.43. The molecule has 0 spiro atoms. The van der Waals surface area contributed by atoms with Crippen LogP contribution in [0.4, 0.5) is 5.69 Å². The van der Waals surface area contributed by atoms with Gasteiger partial charge in [-0.2, -0.15) is 0 Å². The van der Waals surface area contributed by atoms with E-state index in [1.807, 2.05) is 0 Å². The predicted molar refractivity (Wildman–Crippen MR) is 79.3 cm³/mol. The molecule has 0 unspecified atom stereocenters. The summed E-state index contributed by atoms with van der Waals surface area (Å²) >= 11 is 0. The van der Waals surface area contributed by atoms with Crippen molar-refractivity contribution in [3.63, 3.8) is 0 Å². The molecule has 0 heterocycles. The zero-order valence-electron chi connectivity index (χ0n) is 11.9. The Balaban J connectivity index is 1.77. The van der Waals surface area contributed by atoms with Gasteiger partial charge in [0.15, 0.2) is 0 Å². The Hall–Kier alpha value is -1.02. The summed E-state index contributed by atoms with van der Waals surface area (Å²) in [6.07, 6.45) is 8.22. The van der Waals surface area contributed by atoms with E-state index in [2.05, 4.69) is 36.5 Å². The zero-order valence-corrected chi connectivity index (χ0v) is 11.9. The smallest absolute Gasteiger partial charge is 0.0875 e. The molecule has 1 aromatic carbocycles. The van der Waals surface area contributed by atoms with Crippen LogP contribution in [0, 0.1) is 12.8 Å². The molecule has 19 heavy (non-hydrogen) atoms. The summed E-state index contributed by atoms with van der Waals surface area (Å²) in [5, 5.41) is 14.7. The van der Waals surface area contributed by atoms with Gasteiger partial charge in [-0.25, -0.2) is 0 Å². The first-order valence-corrected chi connectivity index (χ1v) is 7.74. The molecule has 0 aliphatic heterocycles. The van der Waals surface area contributed by atoms with Gasteiger partial charge in [-0.3, -0.25) is 0 Å². The van der Waals surface area contributed by atoms with Crippen molar-refractivity contribution in [1.29, 1.82) is 0 Å². The maximum absolute atomic E-state index is 11.1. The van der Waals surface area contributed by atoms with Crippen LogP contribution >= 0.6 is 0 Å². The van der Waals surface area contributed by atoms with Crippen molar-refractivity contribution in [1.82, 2.24) is 0 Å². The third kappa shape index (κ3) is 2.51. The molecular weight excluding hydrogens is 234 g/mol. The minimum atomic E-state index is -0.471. The van der Waals surface area contributed by atoms with Crippen LogP contribution in [-0.2, 0) is 0 Å². The Morgan fingerprint density at radius 2 is 1.79 bits per heavy atom. The molecule has 2 aliphatic carbocycles. The number of benzene rings is 1. The van der Waals surface area contributed by atoms with Crippen molar-refractivity contribution >= 4 is 5.69 Å². The van der Waals surface area contributed by atoms with E-state index in [-0.39, 0.29) is 6.04 Å². The van der Waals surface area contributed by atoms with Crippen molar-refractivity contribution in [2.24, 2.45) is 5.92 Å². The fraction of sp³-hybridized carbons (Fsp3) is 0.647. The molecule has 2 nitrogen and oxygen atoms in total. The van der Waals surface area contributed by atoms with E-state index < -0.39 is 5.60 Å². The number of hydrogen-bond acceptors (Lipinski definition) is 2. The molecule has 0 saturated heterocycles. The van der Waals surface area contributed by atoms with Gasteiger partial charge < -0.3 is 10.4 Å². The van der Waals surface area contributed by atoms with Crippen molar-refractivity contribution in [3.05, 3.63) is 29.8 Å². The van der Waals surface area contributed by atoms with Gasteiger partial charge in [0.25, 0.3) is 0 Å². The van der Waals surface area contributed by atoms with Gasteiger partial charge in [-0.1, -0.05) is 37.0 Å². The van der Waals surface area contributed by atoms with Gasteiger partial charge in [0, 0.05) is 5.69 Å². The average Bonchev–Trinajstić information content (AvgIpc) is 2.42. The first-order valence-electron chi connectivity index (χ1n) is 7.74. The van der Waals surface area contributed by atoms with Crippen LogP contribution < -0.4 is 5.32 Å². The number of anilines is 1. The van der Waals surface area contributed by atoms with E-state index in [0.717, 1.165) is 18.5 Å². The molecule has 1 aromatic rings. The van der Waals surface area contributed by atoms with Crippen LogP contribution in [0.15, 0.2) is 24.3 Å². The Bertz CT molecular complexity index is 425. The number of aryl methyl sites for hydroxylation is 1. The lowest BCUT2D eigenvalue weighted by molar-refractivity contribution is -0.0835. The minimum absolute atomic E-state index is 0.231. The molecule has 3 atom stereocenters. The highest BCUT2D eigenvalue weighted by Gasteiger charge is 2.47. The van der Waals surface area contributed by atoms with Crippen molar-refractivity contribution in [2.45, 2.75) is 63.5 Å². The van der Waals surface area contributed by atoms with Crippen LogP contribution in [0.1, 0.15) is 50.5 Å². The second-order valence-corrected chi connectivity index (χ2v) is 6.43. The third-order valence-corrected chi connectivity index (χ3v) is 5.13. The van der Waals surface area contributed by atoms with Gasteiger partial charge in [0.05, 0.1) is 11.6 Å². The van der Waals surface area contributed by atoms with E-state index in [1.165, 1.54) is 37.7 Å². The summed E-state index contributed by atoms with van der Waals surface area (Å²) in [6.45, 7) is 2.11. The Labute approximate surface area is 116 Å². The lowest BCUT2D eigenvalue weighted by Crippen LogP contribution is -2.56. The molecule has 2 heteroatoms. The summed E-state index contributed by atoms with van der Waals surface area (Å²) in [5.74, 6) is 0.512. The highest BCUT2D eigenvalue weighted by Crippen LogP contribution is 2.44. The topological polar surface area (TPSA) is 32.3 Å². The summed E-state index contributed by atoms with van der Waals surface area (Å²) in [7, 11) is 0. The predicted octanol–water partition coefficient (Wildman–Crippen LogP) is 3.88. The fourth-order valence-electron chi connectivity index (χ4n) is 3.97. The van der Waals surface area contributed by atoms with Gasteiger partial charge >= 0.3 is 0 Å². The number of hydrogen-bond donors (Lipinski definition) is 2. The normalized spacial score (nSPS) is 34.6. The highest BCUT2D eigenvalue weighted by molar-refractivity contribution is 5.46. The molecule has 0 amide bonds. The summed E-state index contributed by atoms with van der Waals surface area (Å²) < 4.78 is 0. The summed E-state index contributed by atoms with van der Waals surface area (Å²) in [6, 6.07) is 8.76. The van der Waals surface area contributed by atoms with Crippen LogP contribution in [0.5, 0.6) is 0 Å². The van der Waals surface area contributed by atoms with Crippen molar-refractivity contribution in [2.75, 3.05) is 5.32 Å². The molecule has 104 valence electrons. The highest BCUT2D eigenvalue weighted by atomic mass is 16.3. The molecule has 0 aromatic heterocycles. The first kappa shape index (κ1) is 13.0. The fourth-order valence-corrected chi connectivity index (χ4v) is 3.97. The van der Waals surface area contributed by atoms with Crippen molar-refractivity contribution in [3.8, 4) is 0 Å². The molecule has 0 radical (unpaired) electrons. The van der Waals surface area contributed by atoms with E-state index >= 15 is 0 Å². The summed E-state index contributed by atoms with van der Waals surface area (Å²) in [5.41, 5.74) is 1.96. The molecular formula is C17H25NO. The van der Waals surface area contributed by atoms with E-state index in [4.69, 9.17) is 0 Å². The van der Waals surface area contributed by atoms with Gasteiger partial charge in [-0.05, 0) is 50.7 Å². The lowest BCUT2D eigenvalue weighted by atomic mass is 9.65. The Morgan fingerprint density at radius 1 is 1.05 bits per heavy atom. The number of nitrogens with one attached hydrogen (secondary N) is 1. The molecule has 2 aliphatic rings. The van der Waals surface area contributed by atoms with Crippen LogP contribution in [0.25, 0.3) is 0 Å². The van der Waals surface area contributed by atoms with Crippen LogP contribution in [0.3, 0.4) is 0 Å². The summed E-state index contributed by atoms with van der Waals surface area (Å²) in [4.78, 5) is 0. The number of fused-ring (bicyclic) bond motifs is 1. The lowest BCUT2D eigenvalue weighted by Gasteiger charge is -2.49. The second kappa shape index (κ2) is 5.16. The van der Waals surface area contributed by atoms with Crippen molar-refractivity contribution < 1.29 is 5.11 Å². The van der Waals surface area contributed by atoms with Crippen LogP contribution in [0.2, 0.25) is 0 Å². The molecule has 2 N–H and O–H groups in total. The van der Waals surface area contributed by atoms with Crippen LogP contribution in [-0.4, -0.2) is 16.7 Å². The standard InChI is InChI=1S/C17H25NO/c1-13-8-10-15(11-9-13)18-16-7-4-6-14-5-2-3-12-17(14,16)19/h8-11,14,16,18-19H,2-7,12H2,1H3/t14-,16+,17+/m1/s1. The SMILES string of the molecule is Cc1ccc(N[C@H]2CCC[C@H]3CCCC[C@]32O)cc1. The molecule has 3 rings (SSSR count). The van der Waals surface area contributed by atoms with E-state index in [1.54, 1.807) is 0 Å². The molecule has 2 saturated carbocycles. The zero-order chi connectivity index (χ0) is 13.3. The maximum atomic E-state index is 11.1.